The molecule has 2 heterocycles. The van der Waals surface area contributed by atoms with Crippen molar-refractivity contribution in [1.29, 1.82) is 0 Å². The number of allylic oxidation sites excluding steroid dienone is 2. The molecular formula is C45H54IrN3O2S-. The van der Waals surface area contributed by atoms with E-state index in [1.807, 2.05) is 33.8 Å². The molecule has 7 heteroatoms. The topological polar surface area (TPSA) is 67.4 Å². The van der Waals surface area contributed by atoms with E-state index < -0.39 is 0 Å². The Balaban J connectivity index is 0.000000389. The Labute approximate surface area is 329 Å². The molecule has 277 valence electrons. The summed E-state index contributed by atoms with van der Waals surface area (Å²) in [6.07, 6.45) is 7.50. The van der Waals surface area contributed by atoms with Crippen LogP contribution in [0, 0.1) is 29.9 Å². The van der Waals surface area contributed by atoms with Crippen LogP contribution in [0.4, 0.5) is 5.69 Å². The SMILES string of the molecule is CCC(CC)C(=O)/C=C(\O)C(CC)CC.[C-]#[N+]c1c(-c2ccc(CC(C)(C)C)cc2)sc2c(-c3[c-]c4ccccc4c(C(C)(C)C)c3)ncnc12.[Ir]. The van der Waals surface area contributed by atoms with Crippen LogP contribution in [-0.2, 0) is 36.7 Å². The molecule has 0 saturated heterocycles. The molecule has 5 rings (SSSR count). The zero-order chi connectivity index (χ0) is 37.5. The Morgan fingerprint density at radius 3 is 2.10 bits per heavy atom. The maximum Gasteiger partial charge on any atom is 0.230 e. The zero-order valence-corrected chi connectivity index (χ0v) is 35.7. The van der Waals surface area contributed by atoms with Crippen LogP contribution < -0.4 is 0 Å². The standard InChI is InChI=1S/C32H30N3S.C13H24O2.Ir/c1-31(2,3)18-20-12-14-21(15-13-20)29-27(33-7)28-30(36-29)26(34-19-35-28)23-16-22-10-8-9-11-24(22)25(17-23)32(4,5)6;1-5-10(6-2)12(14)9-13(15)11(7-3)8-4;/h8-15,17,19H,18H2,1-6H3;9-11,14H,5-8H2,1-4H3;/q-1;;/b;12-9-;. The van der Waals surface area contributed by atoms with Crippen molar-refractivity contribution in [3.05, 3.63) is 101 Å². The van der Waals surface area contributed by atoms with Gasteiger partial charge < -0.3 is 5.11 Å². The number of hydrogen-bond acceptors (Lipinski definition) is 5. The summed E-state index contributed by atoms with van der Waals surface area (Å²) < 4.78 is 0.934. The van der Waals surface area contributed by atoms with Gasteiger partial charge in [0.15, 0.2) is 5.78 Å². The molecule has 0 atom stereocenters. The predicted molar refractivity (Wildman–Crippen MR) is 217 cm³/mol. The van der Waals surface area contributed by atoms with Crippen molar-refractivity contribution in [2.24, 2.45) is 17.3 Å². The van der Waals surface area contributed by atoms with Gasteiger partial charge in [-0.05, 0) is 54.1 Å². The van der Waals surface area contributed by atoms with Crippen molar-refractivity contribution in [1.82, 2.24) is 9.97 Å². The van der Waals surface area contributed by atoms with Crippen molar-refractivity contribution in [2.75, 3.05) is 0 Å². The second-order valence-corrected chi connectivity index (χ2v) is 16.6. The molecule has 0 aliphatic heterocycles. The van der Waals surface area contributed by atoms with Gasteiger partial charge in [0.2, 0.25) is 5.69 Å². The fourth-order valence-electron chi connectivity index (χ4n) is 6.53. The van der Waals surface area contributed by atoms with Gasteiger partial charge in [-0.3, -0.25) is 9.78 Å². The first-order valence-electron chi connectivity index (χ1n) is 18.3. The molecule has 52 heavy (non-hydrogen) atoms. The molecule has 0 unspecified atom stereocenters. The number of thiophene rings is 1. The molecule has 0 bridgehead atoms. The average molecular weight is 893 g/mol. The van der Waals surface area contributed by atoms with E-state index in [1.54, 1.807) is 17.7 Å². The number of rotatable bonds is 10. The first-order chi connectivity index (χ1) is 24.1. The largest absolute Gasteiger partial charge is 0.512 e. The van der Waals surface area contributed by atoms with Crippen LogP contribution in [0.2, 0.25) is 0 Å². The van der Waals surface area contributed by atoms with Gasteiger partial charge in [0, 0.05) is 53.3 Å². The maximum atomic E-state index is 11.7. The second kappa shape index (κ2) is 18.4. The molecule has 1 N–H and O–H groups in total. The smallest absolute Gasteiger partial charge is 0.230 e. The summed E-state index contributed by atoms with van der Waals surface area (Å²) in [7, 11) is 0. The van der Waals surface area contributed by atoms with Gasteiger partial charge in [-0.2, -0.15) is 11.3 Å². The number of nitrogens with zero attached hydrogens (tertiary/aromatic N) is 3. The van der Waals surface area contributed by atoms with Crippen molar-refractivity contribution in [3.63, 3.8) is 0 Å². The molecule has 0 amide bonds. The van der Waals surface area contributed by atoms with Crippen LogP contribution in [0.5, 0.6) is 0 Å². The van der Waals surface area contributed by atoms with Crippen LogP contribution in [0.15, 0.2) is 72.8 Å². The Bertz CT molecular complexity index is 2030. The quantitative estimate of drug-likeness (QED) is 0.0862. The third-order valence-corrected chi connectivity index (χ3v) is 10.7. The minimum Gasteiger partial charge on any atom is -0.512 e. The number of aliphatic hydroxyl groups excluding tert-OH is 1. The first kappa shape index (κ1) is 42.7. The third-order valence-electron chi connectivity index (χ3n) is 9.43. The summed E-state index contributed by atoms with van der Waals surface area (Å²) in [6, 6.07) is 22.8. The van der Waals surface area contributed by atoms with Crippen LogP contribution in [-0.4, -0.2) is 20.9 Å². The van der Waals surface area contributed by atoms with E-state index in [1.165, 1.54) is 22.6 Å². The number of carbonyl (C=O) groups excluding carboxylic acids is 1. The summed E-state index contributed by atoms with van der Waals surface area (Å²) >= 11 is 1.60. The number of ketones is 1. The fourth-order valence-corrected chi connectivity index (χ4v) is 7.73. The minimum absolute atomic E-state index is 0. The summed E-state index contributed by atoms with van der Waals surface area (Å²) in [4.78, 5) is 25.8. The molecule has 5 aromatic rings. The molecule has 0 aliphatic carbocycles. The Morgan fingerprint density at radius 1 is 0.923 bits per heavy atom. The van der Waals surface area contributed by atoms with Crippen molar-refractivity contribution >= 4 is 43.8 Å². The molecule has 1 radical (unpaired) electrons. The van der Waals surface area contributed by atoms with Gasteiger partial charge in [-0.1, -0.05) is 123 Å². The van der Waals surface area contributed by atoms with E-state index in [0.29, 0.717) is 11.2 Å². The Morgan fingerprint density at radius 2 is 1.54 bits per heavy atom. The number of aliphatic hydroxyl groups is 1. The van der Waals surface area contributed by atoms with Gasteiger partial charge in [0.25, 0.3) is 0 Å². The number of fused-ring (bicyclic) bond motifs is 2. The molecule has 0 fully saturated rings. The van der Waals surface area contributed by atoms with Crippen LogP contribution >= 0.6 is 11.3 Å². The molecule has 0 spiro atoms. The number of aromatic nitrogens is 2. The van der Waals surface area contributed by atoms with E-state index in [0.717, 1.165) is 63.9 Å². The van der Waals surface area contributed by atoms with Crippen molar-refractivity contribution < 1.29 is 30.0 Å². The predicted octanol–water partition coefficient (Wildman–Crippen LogP) is 13.3. The number of carbonyl (C=O) groups is 1. The van der Waals surface area contributed by atoms with Gasteiger partial charge in [-0.25, -0.2) is 9.83 Å². The van der Waals surface area contributed by atoms with E-state index in [9.17, 15) is 9.90 Å². The van der Waals surface area contributed by atoms with E-state index in [4.69, 9.17) is 11.6 Å². The molecule has 0 saturated carbocycles. The van der Waals surface area contributed by atoms with Gasteiger partial charge in [0.1, 0.15) is 6.33 Å². The van der Waals surface area contributed by atoms with E-state index in [2.05, 4.69) is 106 Å². The van der Waals surface area contributed by atoms with Crippen LogP contribution in [0.1, 0.15) is 106 Å². The van der Waals surface area contributed by atoms with E-state index >= 15 is 0 Å². The molecule has 3 aromatic carbocycles. The van der Waals surface area contributed by atoms with Gasteiger partial charge in [0.05, 0.1) is 17.8 Å². The summed E-state index contributed by atoms with van der Waals surface area (Å²) in [5.74, 6) is 0.547. The minimum atomic E-state index is -0.0350. The Kier molecular flexibility index (Phi) is 15.1. The summed E-state index contributed by atoms with van der Waals surface area (Å²) in [6.45, 7) is 29.5. The molecular weight excluding hydrogens is 839 g/mol. The summed E-state index contributed by atoms with van der Waals surface area (Å²) in [5.41, 5.74) is 6.89. The third kappa shape index (κ3) is 10.2. The zero-order valence-electron chi connectivity index (χ0n) is 32.5. The van der Waals surface area contributed by atoms with Crippen LogP contribution in [0.25, 0.3) is 47.5 Å². The maximum absolute atomic E-state index is 11.7. The molecule has 2 aromatic heterocycles. The van der Waals surface area contributed by atoms with Crippen molar-refractivity contribution in [3.8, 4) is 21.7 Å². The number of hydrogen-bond donors (Lipinski definition) is 1. The molecule has 0 aliphatic rings. The van der Waals surface area contributed by atoms with Gasteiger partial charge in [-0.15, -0.1) is 29.1 Å². The number of benzene rings is 3. The fraction of sp³-hybridized carbons (Fsp3) is 0.422. The summed E-state index contributed by atoms with van der Waals surface area (Å²) in [5, 5.41) is 12.0. The van der Waals surface area contributed by atoms with Gasteiger partial charge >= 0.3 is 0 Å². The van der Waals surface area contributed by atoms with Crippen molar-refractivity contribution in [2.45, 2.75) is 107 Å². The first-order valence-corrected chi connectivity index (χ1v) is 19.1. The van der Waals surface area contributed by atoms with E-state index in [-0.39, 0.29) is 54.3 Å². The monoisotopic (exact) mass is 893 g/mol. The average Bonchev–Trinajstić information content (AvgIpc) is 3.47. The Hall–Kier alpha value is -3.69. The van der Waals surface area contributed by atoms with Crippen LogP contribution in [0.3, 0.4) is 0 Å². The normalized spacial score (nSPS) is 12.1. The molecule has 5 nitrogen and oxygen atoms in total. The second-order valence-electron chi connectivity index (χ2n) is 15.6.